The number of aromatic nitrogens is 1. The van der Waals surface area contributed by atoms with Gasteiger partial charge in [-0.2, -0.15) is 0 Å². The van der Waals surface area contributed by atoms with Crippen LogP contribution in [0.5, 0.6) is 0 Å². The Morgan fingerprint density at radius 3 is 3.00 bits per heavy atom. The van der Waals surface area contributed by atoms with E-state index < -0.39 is 0 Å². The van der Waals surface area contributed by atoms with E-state index in [9.17, 15) is 4.79 Å². The number of carbonyl (C=O) groups is 1. The average molecular weight is 241 g/mol. The number of rotatable bonds is 7. The minimum Gasteiger partial charge on any atom is -0.370 e. The summed E-state index contributed by atoms with van der Waals surface area (Å²) in [6, 6.07) is 0. The molecule has 1 heterocycles. The highest BCUT2D eigenvalue weighted by Crippen LogP contribution is 2.16. The summed E-state index contributed by atoms with van der Waals surface area (Å²) < 4.78 is 0. The summed E-state index contributed by atoms with van der Waals surface area (Å²) in [6.07, 6.45) is 3.32. The van der Waals surface area contributed by atoms with Crippen molar-refractivity contribution in [1.29, 1.82) is 0 Å². The van der Waals surface area contributed by atoms with Crippen molar-refractivity contribution in [2.75, 3.05) is 6.54 Å². The molecule has 0 aliphatic heterocycles. The second-order valence-corrected chi connectivity index (χ2v) is 5.41. The SMILES string of the molecule is CC(C)Cc1ncc(CNCCC(N)=O)s1. The van der Waals surface area contributed by atoms with Crippen LogP contribution >= 0.6 is 11.3 Å². The van der Waals surface area contributed by atoms with E-state index in [1.807, 2.05) is 6.20 Å². The van der Waals surface area contributed by atoms with Crippen LogP contribution in [0.25, 0.3) is 0 Å². The minimum atomic E-state index is -0.266. The second kappa shape index (κ2) is 6.60. The van der Waals surface area contributed by atoms with Gasteiger partial charge in [-0.15, -0.1) is 11.3 Å². The predicted molar refractivity (Wildman–Crippen MR) is 66.2 cm³/mol. The fourth-order valence-electron chi connectivity index (χ4n) is 1.30. The summed E-state index contributed by atoms with van der Waals surface area (Å²) in [7, 11) is 0. The fraction of sp³-hybridized carbons (Fsp3) is 0.636. The molecule has 0 bridgehead atoms. The van der Waals surface area contributed by atoms with Crippen molar-refractivity contribution < 1.29 is 4.79 Å². The molecule has 16 heavy (non-hydrogen) atoms. The van der Waals surface area contributed by atoms with E-state index in [2.05, 4.69) is 24.1 Å². The topological polar surface area (TPSA) is 68.0 Å². The molecular formula is C11H19N3OS. The van der Waals surface area contributed by atoms with Crippen molar-refractivity contribution in [2.24, 2.45) is 11.7 Å². The van der Waals surface area contributed by atoms with Crippen molar-refractivity contribution in [3.05, 3.63) is 16.1 Å². The molecular weight excluding hydrogens is 222 g/mol. The number of primary amides is 1. The maximum Gasteiger partial charge on any atom is 0.218 e. The molecule has 3 N–H and O–H groups in total. The summed E-state index contributed by atoms with van der Waals surface area (Å²) in [5, 5.41) is 4.35. The third kappa shape index (κ3) is 5.23. The first-order valence-electron chi connectivity index (χ1n) is 5.50. The molecule has 0 unspecified atom stereocenters. The Labute approximate surface area is 100 Å². The summed E-state index contributed by atoms with van der Waals surface area (Å²) in [5.41, 5.74) is 5.04. The van der Waals surface area contributed by atoms with Crippen LogP contribution in [-0.4, -0.2) is 17.4 Å². The lowest BCUT2D eigenvalue weighted by molar-refractivity contribution is -0.117. The largest absolute Gasteiger partial charge is 0.370 e. The first-order valence-corrected chi connectivity index (χ1v) is 6.32. The highest BCUT2D eigenvalue weighted by Gasteiger charge is 2.04. The summed E-state index contributed by atoms with van der Waals surface area (Å²) in [4.78, 5) is 16.1. The van der Waals surface area contributed by atoms with Gasteiger partial charge in [-0.05, 0) is 5.92 Å². The van der Waals surface area contributed by atoms with Crippen LogP contribution < -0.4 is 11.1 Å². The van der Waals surface area contributed by atoms with Gasteiger partial charge in [0.25, 0.3) is 0 Å². The second-order valence-electron chi connectivity index (χ2n) is 4.21. The van der Waals surface area contributed by atoms with Gasteiger partial charge in [-0.1, -0.05) is 13.8 Å². The zero-order chi connectivity index (χ0) is 12.0. The molecule has 5 heteroatoms. The Bertz CT molecular complexity index is 336. The highest BCUT2D eigenvalue weighted by molar-refractivity contribution is 7.11. The van der Waals surface area contributed by atoms with Crippen LogP contribution in [0.4, 0.5) is 0 Å². The zero-order valence-electron chi connectivity index (χ0n) is 9.82. The van der Waals surface area contributed by atoms with Gasteiger partial charge in [0.05, 0.1) is 5.01 Å². The Morgan fingerprint density at radius 2 is 2.38 bits per heavy atom. The van der Waals surface area contributed by atoms with Crippen molar-refractivity contribution in [3.8, 4) is 0 Å². The molecule has 90 valence electrons. The van der Waals surface area contributed by atoms with E-state index in [1.54, 1.807) is 11.3 Å². The lowest BCUT2D eigenvalue weighted by Crippen LogP contribution is -2.21. The van der Waals surface area contributed by atoms with E-state index in [1.165, 1.54) is 9.88 Å². The van der Waals surface area contributed by atoms with Crippen LogP contribution in [0.1, 0.15) is 30.2 Å². The fourth-order valence-corrected chi connectivity index (χ4v) is 2.40. The number of amides is 1. The van der Waals surface area contributed by atoms with Crippen molar-refractivity contribution in [3.63, 3.8) is 0 Å². The number of nitrogens with one attached hydrogen (secondary N) is 1. The molecule has 0 aliphatic rings. The lowest BCUT2D eigenvalue weighted by Gasteiger charge is -2.00. The van der Waals surface area contributed by atoms with E-state index in [-0.39, 0.29) is 5.91 Å². The van der Waals surface area contributed by atoms with Crippen LogP contribution in [0.15, 0.2) is 6.20 Å². The number of hydrogen-bond donors (Lipinski definition) is 2. The lowest BCUT2D eigenvalue weighted by atomic mass is 10.1. The quantitative estimate of drug-likeness (QED) is 0.707. The molecule has 4 nitrogen and oxygen atoms in total. The van der Waals surface area contributed by atoms with Gasteiger partial charge < -0.3 is 11.1 Å². The van der Waals surface area contributed by atoms with Crippen LogP contribution in [-0.2, 0) is 17.8 Å². The molecule has 0 radical (unpaired) electrons. The molecule has 1 rings (SSSR count). The average Bonchev–Trinajstić information content (AvgIpc) is 2.59. The Kier molecular flexibility index (Phi) is 5.42. The number of hydrogen-bond acceptors (Lipinski definition) is 4. The first kappa shape index (κ1) is 13.1. The standard InChI is InChI=1S/C11H19N3OS/c1-8(2)5-11-14-7-9(16-11)6-13-4-3-10(12)15/h7-8,13H,3-6H2,1-2H3,(H2,12,15). The van der Waals surface area contributed by atoms with Gasteiger partial charge in [0.15, 0.2) is 0 Å². The molecule has 1 amide bonds. The third-order valence-electron chi connectivity index (χ3n) is 2.03. The summed E-state index contributed by atoms with van der Waals surface area (Å²) in [6.45, 7) is 5.77. The van der Waals surface area contributed by atoms with Gasteiger partial charge >= 0.3 is 0 Å². The first-order chi connectivity index (χ1) is 7.58. The van der Waals surface area contributed by atoms with E-state index in [4.69, 9.17) is 5.73 Å². The minimum absolute atomic E-state index is 0.266. The van der Waals surface area contributed by atoms with E-state index in [0.717, 1.165) is 13.0 Å². The Morgan fingerprint density at radius 1 is 1.62 bits per heavy atom. The van der Waals surface area contributed by atoms with Crippen molar-refractivity contribution in [2.45, 2.75) is 33.2 Å². The number of thiazole rings is 1. The van der Waals surface area contributed by atoms with Crippen molar-refractivity contribution in [1.82, 2.24) is 10.3 Å². The van der Waals surface area contributed by atoms with Gasteiger partial charge in [-0.3, -0.25) is 4.79 Å². The highest BCUT2D eigenvalue weighted by atomic mass is 32.1. The van der Waals surface area contributed by atoms with Gasteiger partial charge in [0.1, 0.15) is 0 Å². The Balaban J connectivity index is 2.26. The molecule has 0 aliphatic carbocycles. The van der Waals surface area contributed by atoms with Gasteiger partial charge in [0, 0.05) is 37.0 Å². The maximum atomic E-state index is 10.5. The molecule has 0 spiro atoms. The van der Waals surface area contributed by atoms with Crippen LogP contribution in [0.3, 0.4) is 0 Å². The Hall–Kier alpha value is -0.940. The molecule has 0 atom stereocenters. The van der Waals surface area contributed by atoms with Crippen LogP contribution in [0.2, 0.25) is 0 Å². The van der Waals surface area contributed by atoms with Gasteiger partial charge in [0.2, 0.25) is 5.91 Å². The van der Waals surface area contributed by atoms with Crippen molar-refractivity contribution >= 4 is 17.2 Å². The van der Waals surface area contributed by atoms with Gasteiger partial charge in [-0.25, -0.2) is 4.98 Å². The predicted octanol–water partition coefficient (Wildman–Crippen LogP) is 1.31. The molecule has 1 aromatic rings. The molecule has 0 fully saturated rings. The maximum absolute atomic E-state index is 10.5. The number of carbonyl (C=O) groups excluding carboxylic acids is 1. The number of nitrogens with two attached hydrogens (primary N) is 1. The molecule has 0 saturated heterocycles. The molecule has 1 aromatic heterocycles. The monoisotopic (exact) mass is 241 g/mol. The normalized spacial score (nSPS) is 10.9. The van der Waals surface area contributed by atoms with E-state index >= 15 is 0 Å². The smallest absolute Gasteiger partial charge is 0.218 e. The third-order valence-corrected chi connectivity index (χ3v) is 3.05. The zero-order valence-corrected chi connectivity index (χ0v) is 10.6. The van der Waals surface area contributed by atoms with E-state index in [0.29, 0.717) is 18.9 Å². The molecule has 0 aromatic carbocycles. The summed E-state index contributed by atoms with van der Waals surface area (Å²) in [5.74, 6) is 0.374. The summed E-state index contributed by atoms with van der Waals surface area (Å²) >= 11 is 1.73. The number of nitrogens with zero attached hydrogens (tertiary/aromatic N) is 1. The van der Waals surface area contributed by atoms with Crippen LogP contribution in [0, 0.1) is 5.92 Å². The molecule has 0 saturated carbocycles.